The number of nitrogens with one attached hydrogen (secondary N) is 1. The van der Waals surface area contributed by atoms with E-state index in [9.17, 15) is 17.2 Å². The third kappa shape index (κ3) is 3.11. The molecule has 2 rings (SSSR count). The number of para-hydroxylation sites is 1. The maximum atomic E-state index is 14.0. The van der Waals surface area contributed by atoms with Gasteiger partial charge in [0.2, 0.25) is 0 Å². The highest BCUT2D eigenvalue weighted by atomic mass is 32.2. The molecule has 0 amide bonds. The Morgan fingerprint density at radius 3 is 2.14 bits per heavy atom. The molecule has 0 radical (unpaired) electrons. The van der Waals surface area contributed by atoms with Crippen LogP contribution < -0.4 is 14.2 Å². The van der Waals surface area contributed by atoms with Gasteiger partial charge in [0, 0.05) is 12.1 Å². The summed E-state index contributed by atoms with van der Waals surface area (Å²) < 4.78 is 63.8. The Kier molecular flexibility index (Phi) is 4.51. The third-order valence-electron chi connectivity index (χ3n) is 2.85. The second-order valence-corrected chi connectivity index (χ2v) is 5.87. The van der Waals surface area contributed by atoms with Crippen LogP contribution in [0.2, 0.25) is 0 Å². The minimum absolute atomic E-state index is 0.0396. The van der Waals surface area contributed by atoms with Crippen molar-refractivity contribution in [3.63, 3.8) is 0 Å². The van der Waals surface area contributed by atoms with Gasteiger partial charge in [0.05, 0.1) is 19.9 Å². The summed E-state index contributed by atoms with van der Waals surface area (Å²) in [5.74, 6) is -1.73. The summed E-state index contributed by atoms with van der Waals surface area (Å²) in [6.45, 7) is 0. The summed E-state index contributed by atoms with van der Waals surface area (Å²) >= 11 is 0. The average molecular weight is 329 g/mol. The average Bonchev–Trinajstić information content (AvgIpc) is 2.48. The van der Waals surface area contributed by atoms with Gasteiger partial charge in [-0.25, -0.2) is 17.2 Å². The lowest BCUT2D eigenvalue weighted by molar-refractivity contribution is 0.350. The molecule has 1 N–H and O–H groups in total. The van der Waals surface area contributed by atoms with Gasteiger partial charge >= 0.3 is 0 Å². The Labute approximate surface area is 126 Å². The molecule has 118 valence electrons. The predicted octanol–water partition coefficient (Wildman–Crippen LogP) is 2.78. The van der Waals surface area contributed by atoms with E-state index in [-0.39, 0.29) is 17.2 Å². The van der Waals surface area contributed by atoms with E-state index in [4.69, 9.17) is 9.47 Å². The number of anilines is 1. The minimum Gasteiger partial charge on any atom is -0.493 e. The van der Waals surface area contributed by atoms with E-state index in [0.29, 0.717) is 0 Å². The molecular weight excluding hydrogens is 316 g/mol. The van der Waals surface area contributed by atoms with Gasteiger partial charge < -0.3 is 9.47 Å². The van der Waals surface area contributed by atoms with Crippen LogP contribution in [-0.4, -0.2) is 22.6 Å². The number of benzene rings is 2. The van der Waals surface area contributed by atoms with Crippen molar-refractivity contribution in [2.75, 3.05) is 18.9 Å². The third-order valence-corrected chi connectivity index (χ3v) is 4.23. The molecule has 0 fully saturated rings. The molecule has 0 atom stereocenters. The molecule has 8 heteroatoms. The second kappa shape index (κ2) is 6.18. The highest BCUT2D eigenvalue weighted by molar-refractivity contribution is 7.92. The molecule has 0 aliphatic heterocycles. The first kappa shape index (κ1) is 16.0. The van der Waals surface area contributed by atoms with Crippen molar-refractivity contribution in [3.8, 4) is 11.5 Å². The number of ether oxygens (including phenoxy) is 2. The van der Waals surface area contributed by atoms with Crippen LogP contribution in [0, 0.1) is 11.6 Å². The molecule has 0 spiro atoms. The van der Waals surface area contributed by atoms with E-state index >= 15 is 0 Å². The standard InChI is InChI=1S/C14H13F2NO4S/c1-20-12-7-10(16)14(8-13(12)21-2)22(18,19)17-11-6-4-3-5-9(11)15/h3-8,17H,1-2H3. The van der Waals surface area contributed by atoms with Crippen LogP contribution in [0.1, 0.15) is 0 Å². The Balaban J connectivity index is 2.48. The normalized spacial score (nSPS) is 11.1. The van der Waals surface area contributed by atoms with Crippen molar-refractivity contribution in [2.45, 2.75) is 4.90 Å². The van der Waals surface area contributed by atoms with Gasteiger partial charge in [0.15, 0.2) is 11.5 Å². The van der Waals surface area contributed by atoms with Gasteiger partial charge in [0.1, 0.15) is 16.5 Å². The molecule has 0 saturated carbocycles. The largest absolute Gasteiger partial charge is 0.493 e. The lowest BCUT2D eigenvalue weighted by Crippen LogP contribution is -2.15. The van der Waals surface area contributed by atoms with Crippen LogP contribution >= 0.6 is 0 Å². The smallest absolute Gasteiger partial charge is 0.265 e. The Morgan fingerprint density at radius 2 is 1.55 bits per heavy atom. The summed E-state index contributed by atoms with van der Waals surface area (Å²) in [7, 11) is -1.74. The zero-order chi connectivity index (χ0) is 16.3. The number of halogens is 2. The molecule has 0 aromatic heterocycles. The SMILES string of the molecule is COc1cc(F)c(S(=O)(=O)Nc2ccccc2F)cc1OC. The van der Waals surface area contributed by atoms with Gasteiger partial charge in [-0.3, -0.25) is 4.72 Å². The minimum atomic E-state index is -4.32. The van der Waals surface area contributed by atoms with Crippen molar-refractivity contribution >= 4 is 15.7 Å². The summed E-state index contributed by atoms with van der Waals surface area (Å²) in [5.41, 5.74) is -0.281. The van der Waals surface area contributed by atoms with Gasteiger partial charge in [-0.05, 0) is 12.1 Å². The van der Waals surface area contributed by atoms with Gasteiger partial charge in [-0.15, -0.1) is 0 Å². The highest BCUT2D eigenvalue weighted by Gasteiger charge is 2.23. The molecule has 0 heterocycles. The summed E-state index contributed by atoms with van der Waals surface area (Å²) in [6.07, 6.45) is 0. The number of methoxy groups -OCH3 is 2. The van der Waals surface area contributed by atoms with Crippen LogP contribution in [0.15, 0.2) is 41.3 Å². The van der Waals surface area contributed by atoms with Crippen LogP contribution in [0.25, 0.3) is 0 Å². The molecule has 2 aromatic rings. The van der Waals surface area contributed by atoms with E-state index in [1.807, 2.05) is 4.72 Å². The first-order chi connectivity index (χ1) is 10.4. The van der Waals surface area contributed by atoms with E-state index in [1.54, 1.807) is 0 Å². The summed E-state index contributed by atoms with van der Waals surface area (Å²) in [4.78, 5) is -0.673. The Hall–Kier alpha value is -2.35. The number of hydrogen-bond donors (Lipinski definition) is 1. The summed E-state index contributed by atoms with van der Waals surface area (Å²) in [5, 5.41) is 0. The van der Waals surface area contributed by atoms with E-state index in [0.717, 1.165) is 18.2 Å². The van der Waals surface area contributed by atoms with Crippen LogP contribution in [0.5, 0.6) is 11.5 Å². The molecule has 0 saturated heterocycles. The maximum Gasteiger partial charge on any atom is 0.265 e. The maximum absolute atomic E-state index is 14.0. The number of rotatable bonds is 5. The van der Waals surface area contributed by atoms with E-state index < -0.39 is 26.6 Å². The molecular formula is C14H13F2NO4S. The van der Waals surface area contributed by atoms with Crippen molar-refractivity contribution in [1.29, 1.82) is 0 Å². The first-order valence-electron chi connectivity index (χ1n) is 6.08. The fourth-order valence-corrected chi connectivity index (χ4v) is 2.93. The predicted molar refractivity (Wildman–Crippen MR) is 76.7 cm³/mol. The van der Waals surface area contributed by atoms with Gasteiger partial charge in [0.25, 0.3) is 10.0 Å². The fraction of sp³-hybridized carbons (Fsp3) is 0.143. The quantitative estimate of drug-likeness (QED) is 0.916. The zero-order valence-corrected chi connectivity index (χ0v) is 12.6. The monoisotopic (exact) mass is 329 g/mol. The molecule has 0 bridgehead atoms. The van der Waals surface area contributed by atoms with Crippen molar-refractivity contribution in [1.82, 2.24) is 0 Å². The molecule has 0 aliphatic carbocycles. The molecule has 0 aliphatic rings. The molecule has 2 aromatic carbocycles. The molecule has 0 unspecified atom stereocenters. The Bertz CT molecular complexity index is 793. The van der Waals surface area contributed by atoms with Gasteiger partial charge in [-0.1, -0.05) is 12.1 Å². The molecule has 5 nitrogen and oxygen atoms in total. The van der Waals surface area contributed by atoms with Crippen molar-refractivity contribution in [3.05, 3.63) is 48.0 Å². The fourth-order valence-electron chi connectivity index (χ4n) is 1.79. The van der Waals surface area contributed by atoms with Crippen LogP contribution in [0.3, 0.4) is 0 Å². The van der Waals surface area contributed by atoms with Crippen LogP contribution in [-0.2, 0) is 10.0 Å². The zero-order valence-electron chi connectivity index (χ0n) is 11.8. The lowest BCUT2D eigenvalue weighted by atomic mass is 10.3. The lowest BCUT2D eigenvalue weighted by Gasteiger charge is -2.13. The Morgan fingerprint density at radius 1 is 0.955 bits per heavy atom. The van der Waals surface area contributed by atoms with E-state index in [1.165, 1.54) is 32.4 Å². The number of sulfonamides is 1. The first-order valence-corrected chi connectivity index (χ1v) is 7.56. The highest BCUT2D eigenvalue weighted by Crippen LogP contribution is 2.32. The molecule has 22 heavy (non-hydrogen) atoms. The topological polar surface area (TPSA) is 64.6 Å². The summed E-state index contributed by atoms with van der Waals surface area (Å²) in [6, 6.07) is 7.02. The van der Waals surface area contributed by atoms with Gasteiger partial charge in [-0.2, -0.15) is 0 Å². The van der Waals surface area contributed by atoms with Crippen molar-refractivity contribution in [2.24, 2.45) is 0 Å². The number of hydrogen-bond acceptors (Lipinski definition) is 4. The van der Waals surface area contributed by atoms with Crippen molar-refractivity contribution < 1.29 is 26.7 Å². The second-order valence-electron chi connectivity index (χ2n) is 4.22. The van der Waals surface area contributed by atoms with E-state index in [2.05, 4.69) is 0 Å². The van der Waals surface area contributed by atoms with Crippen LogP contribution in [0.4, 0.5) is 14.5 Å².